The first kappa shape index (κ1) is 15.9. The van der Waals surface area contributed by atoms with Gasteiger partial charge < -0.3 is 5.32 Å². The van der Waals surface area contributed by atoms with Crippen molar-refractivity contribution in [3.05, 3.63) is 64.7 Å². The van der Waals surface area contributed by atoms with E-state index in [2.05, 4.69) is 5.32 Å². The minimum atomic E-state index is -0.338. The Labute approximate surface area is 140 Å². The molecule has 0 saturated carbocycles. The summed E-state index contributed by atoms with van der Waals surface area (Å²) in [5.74, 6) is -0.898. The summed E-state index contributed by atoms with van der Waals surface area (Å²) < 4.78 is 0. The highest BCUT2D eigenvalue weighted by Crippen LogP contribution is 2.22. The molecule has 0 radical (unpaired) electrons. The van der Waals surface area contributed by atoms with E-state index in [0.29, 0.717) is 11.1 Å². The molecule has 122 valence electrons. The van der Waals surface area contributed by atoms with E-state index in [1.54, 1.807) is 24.3 Å². The average Bonchev–Trinajstić information content (AvgIpc) is 2.81. The van der Waals surface area contributed by atoms with Crippen molar-refractivity contribution in [1.29, 1.82) is 0 Å². The van der Waals surface area contributed by atoms with Gasteiger partial charge in [0.25, 0.3) is 11.8 Å². The van der Waals surface area contributed by atoms with Gasteiger partial charge in [-0.15, -0.1) is 0 Å². The fourth-order valence-electron chi connectivity index (χ4n) is 2.74. The van der Waals surface area contributed by atoms with Crippen LogP contribution in [-0.4, -0.2) is 29.2 Å². The number of rotatable bonds is 4. The fourth-order valence-corrected chi connectivity index (χ4v) is 2.74. The second-order valence-corrected chi connectivity index (χ2v) is 5.92. The zero-order valence-corrected chi connectivity index (χ0v) is 13.6. The van der Waals surface area contributed by atoms with Crippen molar-refractivity contribution in [2.24, 2.45) is 0 Å². The number of aryl methyl sites for hydroxylation is 2. The van der Waals surface area contributed by atoms with Crippen LogP contribution in [0.25, 0.3) is 0 Å². The molecule has 5 nitrogen and oxygen atoms in total. The van der Waals surface area contributed by atoms with Gasteiger partial charge >= 0.3 is 0 Å². The van der Waals surface area contributed by atoms with Crippen molar-refractivity contribution < 1.29 is 14.4 Å². The highest BCUT2D eigenvalue weighted by atomic mass is 16.2. The highest BCUT2D eigenvalue weighted by molar-refractivity contribution is 6.21. The normalized spacial score (nSPS) is 13.2. The van der Waals surface area contributed by atoms with Crippen molar-refractivity contribution in [3.63, 3.8) is 0 Å². The lowest BCUT2D eigenvalue weighted by molar-refractivity contribution is -0.116. The van der Waals surface area contributed by atoms with E-state index in [-0.39, 0.29) is 30.7 Å². The maximum absolute atomic E-state index is 12.3. The number of hydrogen-bond acceptors (Lipinski definition) is 3. The van der Waals surface area contributed by atoms with Crippen LogP contribution < -0.4 is 5.32 Å². The average molecular weight is 322 g/mol. The van der Waals surface area contributed by atoms with E-state index in [4.69, 9.17) is 0 Å². The lowest BCUT2D eigenvalue weighted by atomic mass is 10.1. The Hall–Kier alpha value is -2.95. The smallest absolute Gasteiger partial charge is 0.261 e. The Morgan fingerprint density at radius 2 is 1.62 bits per heavy atom. The summed E-state index contributed by atoms with van der Waals surface area (Å²) in [7, 11) is 0. The summed E-state index contributed by atoms with van der Waals surface area (Å²) in [4.78, 5) is 37.8. The Bertz CT molecular complexity index is 807. The molecule has 5 heteroatoms. The summed E-state index contributed by atoms with van der Waals surface area (Å²) in [5, 5.41) is 2.84. The van der Waals surface area contributed by atoms with Crippen LogP contribution in [0.2, 0.25) is 0 Å². The summed E-state index contributed by atoms with van der Waals surface area (Å²) in [6.45, 7) is 3.94. The van der Waals surface area contributed by atoms with Gasteiger partial charge in [0.15, 0.2) is 0 Å². The van der Waals surface area contributed by atoms with E-state index < -0.39 is 0 Å². The SMILES string of the molecule is Cc1ccc(C)c(NC(=O)CCN2C(=O)c3ccccc3C2=O)c1. The fraction of sp³-hybridized carbons (Fsp3) is 0.211. The number of nitrogens with one attached hydrogen (secondary N) is 1. The predicted molar refractivity (Wildman–Crippen MR) is 91.0 cm³/mol. The molecule has 0 aliphatic carbocycles. The minimum Gasteiger partial charge on any atom is -0.326 e. The Morgan fingerprint density at radius 1 is 1.00 bits per heavy atom. The molecule has 1 aliphatic rings. The van der Waals surface area contributed by atoms with Gasteiger partial charge in [-0.3, -0.25) is 19.3 Å². The number of anilines is 1. The minimum absolute atomic E-state index is 0.0683. The first-order chi connectivity index (χ1) is 11.5. The van der Waals surface area contributed by atoms with Crippen molar-refractivity contribution in [2.45, 2.75) is 20.3 Å². The van der Waals surface area contributed by atoms with Crippen molar-refractivity contribution >= 4 is 23.4 Å². The van der Waals surface area contributed by atoms with Crippen LogP contribution in [0.15, 0.2) is 42.5 Å². The number of benzene rings is 2. The summed E-state index contributed by atoms with van der Waals surface area (Å²) in [5.41, 5.74) is 3.57. The standard InChI is InChI=1S/C19H18N2O3/c1-12-7-8-13(2)16(11-12)20-17(22)9-10-21-18(23)14-5-3-4-6-15(14)19(21)24/h3-8,11H,9-10H2,1-2H3,(H,20,22). The monoisotopic (exact) mass is 322 g/mol. The largest absolute Gasteiger partial charge is 0.326 e. The van der Waals surface area contributed by atoms with Crippen LogP contribution in [0.1, 0.15) is 38.3 Å². The number of hydrogen-bond donors (Lipinski definition) is 1. The predicted octanol–water partition coefficient (Wildman–Crippen LogP) is 2.93. The lowest BCUT2D eigenvalue weighted by Gasteiger charge is -2.14. The van der Waals surface area contributed by atoms with Crippen LogP contribution in [-0.2, 0) is 4.79 Å². The molecular formula is C19H18N2O3. The molecule has 0 bridgehead atoms. The van der Waals surface area contributed by atoms with Crippen LogP contribution >= 0.6 is 0 Å². The van der Waals surface area contributed by atoms with Gasteiger partial charge in [-0.2, -0.15) is 0 Å². The molecular weight excluding hydrogens is 304 g/mol. The number of fused-ring (bicyclic) bond motifs is 1. The van der Waals surface area contributed by atoms with Gasteiger partial charge in [0, 0.05) is 18.7 Å². The van der Waals surface area contributed by atoms with Crippen LogP contribution in [0.4, 0.5) is 5.69 Å². The topological polar surface area (TPSA) is 66.5 Å². The van der Waals surface area contributed by atoms with Crippen LogP contribution in [0.5, 0.6) is 0 Å². The third-order valence-corrected chi connectivity index (χ3v) is 4.11. The molecule has 0 fully saturated rings. The first-order valence-corrected chi connectivity index (χ1v) is 7.79. The number of amides is 3. The molecule has 1 heterocycles. The summed E-state index contributed by atoms with van der Waals surface area (Å²) in [6.07, 6.45) is 0.0683. The van der Waals surface area contributed by atoms with Gasteiger partial charge in [0.1, 0.15) is 0 Å². The molecule has 1 N–H and O–H groups in total. The maximum atomic E-state index is 12.3. The second-order valence-electron chi connectivity index (χ2n) is 5.92. The third kappa shape index (κ3) is 2.93. The third-order valence-electron chi connectivity index (χ3n) is 4.11. The molecule has 2 aromatic rings. The molecule has 0 spiro atoms. The molecule has 2 aromatic carbocycles. The Morgan fingerprint density at radius 3 is 2.25 bits per heavy atom. The number of carbonyl (C=O) groups excluding carboxylic acids is 3. The van der Waals surface area contributed by atoms with E-state index >= 15 is 0 Å². The van der Waals surface area contributed by atoms with Crippen molar-refractivity contribution in [1.82, 2.24) is 4.90 Å². The number of carbonyl (C=O) groups is 3. The first-order valence-electron chi connectivity index (χ1n) is 7.79. The van der Waals surface area contributed by atoms with Gasteiger partial charge in [-0.1, -0.05) is 24.3 Å². The Kier molecular flexibility index (Phi) is 4.16. The van der Waals surface area contributed by atoms with Gasteiger partial charge in [-0.05, 0) is 43.2 Å². The zero-order valence-electron chi connectivity index (χ0n) is 13.6. The summed E-state index contributed by atoms with van der Waals surface area (Å²) in [6, 6.07) is 12.5. The molecule has 1 aliphatic heterocycles. The van der Waals surface area contributed by atoms with Crippen LogP contribution in [0.3, 0.4) is 0 Å². The molecule has 0 aromatic heterocycles. The van der Waals surface area contributed by atoms with Gasteiger partial charge in [-0.25, -0.2) is 0 Å². The summed E-state index contributed by atoms with van der Waals surface area (Å²) >= 11 is 0. The van der Waals surface area contributed by atoms with Crippen molar-refractivity contribution in [2.75, 3.05) is 11.9 Å². The van der Waals surface area contributed by atoms with Crippen LogP contribution in [0, 0.1) is 13.8 Å². The highest BCUT2D eigenvalue weighted by Gasteiger charge is 2.34. The van der Waals surface area contributed by atoms with E-state index in [9.17, 15) is 14.4 Å². The van der Waals surface area contributed by atoms with Crippen molar-refractivity contribution in [3.8, 4) is 0 Å². The van der Waals surface area contributed by atoms with E-state index in [0.717, 1.165) is 21.7 Å². The molecule has 0 unspecified atom stereocenters. The van der Waals surface area contributed by atoms with E-state index in [1.165, 1.54) is 0 Å². The lowest BCUT2D eigenvalue weighted by Crippen LogP contribution is -2.32. The zero-order chi connectivity index (χ0) is 17.3. The number of nitrogens with zero attached hydrogens (tertiary/aromatic N) is 1. The molecule has 3 amide bonds. The molecule has 0 saturated heterocycles. The quantitative estimate of drug-likeness (QED) is 0.880. The van der Waals surface area contributed by atoms with E-state index in [1.807, 2.05) is 32.0 Å². The maximum Gasteiger partial charge on any atom is 0.261 e. The van der Waals surface area contributed by atoms with Gasteiger partial charge in [0.05, 0.1) is 11.1 Å². The molecule has 0 atom stereocenters. The van der Waals surface area contributed by atoms with Gasteiger partial charge in [0.2, 0.25) is 5.91 Å². The Balaban J connectivity index is 1.64. The number of imide groups is 1. The molecule has 24 heavy (non-hydrogen) atoms. The molecule has 3 rings (SSSR count). The second kappa shape index (κ2) is 6.28.